The van der Waals surface area contributed by atoms with Gasteiger partial charge in [-0.05, 0) is 66.1 Å². The van der Waals surface area contributed by atoms with Gasteiger partial charge in [0.05, 0.1) is 6.10 Å². The Bertz CT molecular complexity index is 1220. The van der Waals surface area contributed by atoms with Gasteiger partial charge in [-0.1, -0.05) is 30.3 Å². The number of nitrogens with one attached hydrogen (secondary N) is 2. The molecule has 0 spiro atoms. The number of benzene rings is 2. The van der Waals surface area contributed by atoms with Crippen LogP contribution >= 0.6 is 11.3 Å². The number of thiophene rings is 1. The van der Waals surface area contributed by atoms with E-state index in [9.17, 15) is 19.5 Å². The lowest BCUT2D eigenvalue weighted by atomic mass is 9.91. The van der Waals surface area contributed by atoms with E-state index in [2.05, 4.69) is 10.6 Å². The van der Waals surface area contributed by atoms with E-state index in [1.54, 1.807) is 35.6 Å². The Hall–Kier alpha value is -3.49. The molecular formula is C27H26N2O5S. The molecule has 2 heterocycles. The first kappa shape index (κ1) is 23.3. The second kappa shape index (κ2) is 9.64. The maximum Gasteiger partial charge on any atom is 0.251 e. The summed E-state index contributed by atoms with van der Waals surface area (Å²) in [5, 5.41) is 17.4. The fraction of sp³-hybridized carbons (Fsp3) is 0.296. The molecule has 2 amide bonds. The van der Waals surface area contributed by atoms with E-state index in [0.717, 1.165) is 28.8 Å². The van der Waals surface area contributed by atoms with Crippen LogP contribution < -0.4 is 10.6 Å². The molecule has 3 atom stereocenters. The molecule has 3 aromatic rings. The molecule has 3 N–H and O–H groups in total. The van der Waals surface area contributed by atoms with Gasteiger partial charge in [-0.25, -0.2) is 0 Å². The Morgan fingerprint density at radius 1 is 1.11 bits per heavy atom. The molecule has 35 heavy (non-hydrogen) atoms. The fourth-order valence-corrected chi connectivity index (χ4v) is 5.62. The van der Waals surface area contributed by atoms with Gasteiger partial charge in [0.2, 0.25) is 5.91 Å². The quantitative estimate of drug-likeness (QED) is 0.471. The molecule has 1 saturated heterocycles. The number of ketones is 1. The van der Waals surface area contributed by atoms with Gasteiger partial charge < -0.3 is 20.5 Å². The largest absolute Gasteiger partial charge is 0.508 e. The van der Waals surface area contributed by atoms with Crippen molar-refractivity contribution in [2.75, 3.05) is 6.61 Å². The number of aromatic hydroxyl groups is 1. The predicted octanol–water partition coefficient (Wildman–Crippen LogP) is 3.47. The molecule has 2 fully saturated rings. The summed E-state index contributed by atoms with van der Waals surface area (Å²) in [6.07, 6.45) is 1.93. The summed E-state index contributed by atoms with van der Waals surface area (Å²) in [4.78, 5) is 40.3. The van der Waals surface area contributed by atoms with Gasteiger partial charge in [0.15, 0.2) is 5.78 Å². The highest BCUT2D eigenvalue weighted by Crippen LogP contribution is 2.38. The number of phenolic OH excluding ortho intramolecular Hbond substituents is 1. The van der Waals surface area contributed by atoms with E-state index < -0.39 is 17.5 Å². The molecule has 1 aromatic heterocycles. The molecule has 2 aliphatic rings. The Kier molecular flexibility index (Phi) is 6.40. The smallest absolute Gasteiger partial charge is 0.251 e. The lowest BCUT2D eigenvalue weighted by Gasteiger charge is -2.30. The topological polar surface area (TPSA) is 105 Å². The maximum atomic E-state index is 13.4. The number of carbonyl (C=O) groups excluding carboxylic acids is 3. The maximum absolute atomic E-state index is 13.4. The van der Waals surface area contributed by atoms with E-state index in [-0.39, 0.29) is 36.6 Å². The molecule has 3 unspecified atom stereocenters. The Morgan fingerprint density at radius 2 is 1.89 bits per heavy atom. The number of ether oxygens (including phenoxy) is 1. The molecule has 1 aliphatic carbocycles. The monoisotopic (exact) mass is 490 g/mol. The average molecular weight is 491 g/mol. The molecule has 0 bridgehead atoms. The van der Waals surface area contributed by atoms with Crippen LogP contribution in [-0.4, -0.2) is 47.0 Å². The standard InChI is InChI=1S/C27H26N2O5S/c30-20-11-5-17(6-12-20)15-21(26(33)29-27-13-1-4-24(27)34-16-23(27)31)28-25(32)19-9-7-18(8-10-19)22-3-2-14-35-22/h2-3,5-12,14,21,24,30H,1,4,13,15-16H2,(H,28,32)(H,29,33). The van der Waals surface area contributed by atoms with Gasteiger partial charge in [0, 0.05) is 16.9 Å². The number of hydrogen-bond donors (Lipinski definition) is 3. The number of rotatable bonds is 7. The van der Waals surface area contributed by atoms with E-state index in [4.69, 9.17) is 4.74 Å². The van der Waals surface area contributed by atoms with Crippen LogP contribution in [0.5, 0.6) is 5.75 Å². The van der Waals surface area contributed by atoms with Crippen LogP contribution in [0.15, 0.2) is 66.0 Å². The second-order valence-corrected chi connectivity index (χ2v) is 9.97. The minimum Gasteiger partial charge on any atom is -0.508 e. The van der Waals surface area contributed by atoms with Crippen molar-refractivity contribution in [3.05, 3.63) is 77.2 Å². The van der Waals surface area contributed by atoms with Crippen LogP contribution in [-0.2, 0) is 20.7 Å². The average Bonchev–Trinajstić information content (AvgIpc) is 3.59. The van der Waals surface area contributed by atoms with E-state index in [0.29, 0.717) is 12.0 Å². The molecule has 1 aliphatic heterocycles. The Labute approximate surface area is 207 Å². The highest BCUT2D eigenvalue weighted by molar-refractivity contribution is 7.13. The molecule has 5 rings (SSSR count). The summed E-state index contributed by atoms with van der Waals surface area (Å²) < 4.78 is 5.62. The van der Waals surface area contributed by atoms with Crippen molar-refractivity contribution < 1.29 is 24.2 Å². The lowest BCUT2D eigenvalue weighted by molar-refractivity contribution is -0.131. The van der Waals surface area contributed by atoms with Crippen LogP contribution in [0.1, 0.15) is 35.2 Å². The fourth-order valence-electron chi connectivity index (χ4n) is 4.89. The molecule has 0 radical (unpaired) electrons. The summed E-state index contributed by atoms with van der Waals surface area (Å²) in [5.41, 5.74) is 1.20. The van der Waals surface area contributed by atoms with Crippen LogP contribution in [0.4, 0.5) is 0 Å². The Morgan fingerprint density at radius 3 is 2.60 bits per heavy atom. The van der Waals surface area contributed by atoms with E-state index >= 15 is 0 Å². The van der Waals surface area contributed by atoms with Crippen molar-refractivity contribution in [3.8, 4) is 16.2 Å². The van der Waals surface area contributed by atoms with Gasteiger partial charge >= 0.3 is 0 Å². The summed E-state index contributed by atoms with van der Waals surface area (Å²) >= 11 is 1.62. The zero-order valence-corrected chi connectivity index (χ0v) is 19.8. The normalized spacial score (nSPS) is 21.9. The third-order valence-corrected chi connectivity index (χ3v) is 7.72. The van der Waals surface area contributed by atoms with Gasteiger partial charge in [0.25, 0.3) is 5.91 Å². The summed E-state index contributed by atoms with van der Waals surface area (Å²) in [6.45, 7) is -0.00345. The molecule has 180 valence electrons. The van der Waals surface area contributed by atoms with Crippen LogP contribution in [0.3, 0.4) is 0 Å². The summed E-state index contributed by atoms with van der Waals surface area (Å²) in [5.74, 6) is -0.804. The van der Waals surface area contributed by atoms with Crippen LogP contribution in [0, 0.1) is 0 Å². The van der Waals surface area contributed by atoms with Gasteiger partial charge in [0.1, 0.15) is 23.9 Å². The molecule has 1 saturated carbocycles. The number of phenols is 1. The van der Waals surface area contributed by atoms with Crippen molar-refractivity contribution in [1.29, 1.82) is 0 Å². The highest BCUT2D eigenvalue weighted by atomic mass is 32.1. The minimum absolute atomic E-state index is 0.00345. The van der Waals surface area contributed by atoms with E-state index in [1.807, 2.05) is 29.6 Å². The number of carbonyl (C=O) groups is 3. The molecule has 8 heteroatoms. The van der Waals surface area contributed by atoms with Crippen molar-refractivity contribution in [2.24, 2.45) is 0 Å². The van der Waals surface area contributed by atoms with Gasteiger partial charge in [-0.2, -0.15) is 0 Å². The molecule has 7 nitrogen and oxygen atoms in total. The SMILES string of the molecule is O=C(NC(Cc1ccc(O)cc1)C(=O)NC12CCCC1OCC2=O)c1ccc(-c2cccs2)cc1. The predicted molar refractivity (Wildman–Crippen MR) is 132 cm³/mol. The van der Waals surface area contributed by atoms with Crippen LogP contribution in [0.2, 0.25) is 0 Å². The van der Waals surface area contributed by atoms with Crippen molar-refractivity contribution >= 4 is 28.9 Å². The zero-order chi connectivity index (χ0) is 24.4. The zero-order valence-electron chi connectivity index (χ0n) is 19.0. The number of fused-ring (bicyclic) bond motifs is 1. The number of hydrogen-bond acceptors (Lipinski definition) is 6. The minimum atomic E-state index is -1.02. The van der Waals surface area contributed by atoms with E-state index in [1.165, 1.54) is 12.1 Å². The first-order valence-corrected chi connectivity index (χ1v) is 12.5. The van der Waals surface area contributed by atoms with Crippen molar-refractivity contribution in [1.82, 2.24) is 10.6 Å². The molecular weight excluding hydrogens is 464 g/mol. The lowest BCUT2D eigenvalue weighted by Crippen LogP contribution is -2.60. The second-order valence-electron chi connectivity index (χ2n) is 9.03. The van der Waals surface area contributed by atoms with Gasteiger partial charge in [-0.15, -0.1) is 11.3 Å². The number of amides is 2. The molecule has 2 aromatic carbocycles. The summed E-state index contributed by atoms with van der Waals surface area (Å²) in [6, 6.07) is 16.8. The third-order valence-electron chi connectivity index (χ3n) is 6.80. The van der Waals surface area contributed by atoms with Crippen molar-refractivity contribution in [2.45, 2.75) is 43.4 Å². The Balaban J connectivity index is 1.35. The number of Topliss-reactive ketones (excluding diaryl/α,β-unsaturated/α-hetero) is 1. The van der Waals surface area contributed by atoms with Crippen LogP contribution in [0.25, 0.3) is 10.4 Å². The highest BCUT2D eigenvalue weighted by Gasteiger charge is 2.55. The first-order valence-electron chi connectivity index (χ1n) is 11.6. The third kappa shape index (κ3) is 4.72. The summed E-state index contributed by atoms with van der Waals surface area (Å²) in [7, 11) is 0. The van der Waals surface area contributed by atoms with Crippen molar-refractivity contribution in [3.63, 3.8) is 0 Å². The van der Waals surface area contributed by atoms with Gasteiger partial charge in [-0.3, -0.25) is 14.4 Å². The first-order chi connectivity index (χ1) is 16.9.